The van der Waals surface area contributed by atoms with Crippen molar-refractivity contribution in [2.75, 3.05) is 12.4 Å². The third-order valence-electron chi connectivity index (χ3n) is 2.75. The first kappa shape index (κ1) is 13.3. The maximum Gasteiger partial charge on any atom is 0.213 e. The lowest BCUT2D eigenvalue weighted by atomic mass is 10.1. The summed E-state index contributed by atoms with van der Waals surface area (Å²) in [4.78, 5) is 4.03. The highest BCUT2D eigenvalue weighted by Gasteiger charge is 2.12. The van der Waals surface area contributed by atoms with Gasteiger partial charge in [-0.25, -0.2) is 13.8 Å². The molecule has 1 heterocycles. The summed E-state index contributed by atoms with van der Waals surface area (Å²) in [7, 11) is 1.53. The van der Waals surface area contributed by atoms with E-state index in [2.05, 4.69) is 10.3 Å². The Hall–Kier alpha value is -2.17. The molecule has 0 aliphatic rings. The van der Waals surface area contributed by atoms with Crippen LogP contribution < -0.4 is 10.1 Å². The zero-order chi connectivity index (χ0) is 13.8. The van der Waals surface area contributed by atoms with E-state index in [9.17, 15) is 8.78 Å². The number of pyridine rings is 1. The minimum atomic E-state index is -0.460. The van der Waals surface area contributed by atoms with Crippen LogP contribution in [0.2, 0.25) is 0 Å². The number of benzene rings is 1. The fraction of sp³-hybridized carbons (Fsp3) is 0.214. The van der Waals surface area contributed by atoms with Gasteiger partial charge in [-0.1, -0.05) is 0 Å². The van der Waals surface area contributed by atoms with Crippen LogP contribution in [0.4, 0.5) is 14.5 Å². The fourth-order valence-electron chi connectivity index (χ4n) is 1.76. The molecule has 0 bridgehead atoms. The van der Waals surface area contributed by atoms with Crippen molar-refractivity contribution in [1.29, 1.82) is 0 Å². The average Bonchev–Trinajstić information content (AvgIpc) is 2.42. The zero-order valence-electron chi connectivity index (χ0n) is 10.7. The molecule has 0 amide bonds. The zero-order valence-corrected chi connectivity index (χ0v) is 10.7. The summed E-state index contributed by atoms with van der Waals surface area (Å²) >= 11 is 0. The van der Waals surface area contributed by atoms with Gasteiger partial charge in [-0.15, -0.1) is 0 Å². The Morgan fingerprint density at radius 2 is 2.00 bits per heavy atom. The Morgan fingerprint density at radius 3 is 2.63 bits per heavy atom. The summed E-state index contributed by atoms with van der Waals surface area (Å²) in [6.07, 6.45) is 1.58. The molecule has 3 nitrogen and oxygen atoms in total. The van der Waals surface area contributed by atoms with Crippen LogP contribution in [0.15, 0.2) is 36.5 Å². The molecule has 0 radical (unpaired) electrons. The summed E-state index contributed by atoms with van der Waals surface area (Å²) in [6.45, 7) is 1.75. The van der Waals surface area contributed by atoms with Gasteiger partial charge in [0.15, 0.2) is 0 Å². The first-order chi connectivity index (χ1) is 9.10. The maximum absolute atomic E-state index is 13.6. The number of nitrogens with zero attached hydrogens (tertiary/aromatic N) is 1. The number of hydrogen-bond acceptors (Lipinski definition) is 3. The van der Waals surface area contributed by atoms with Crippen molar-refractivity contribution in [3.63, 3.8) is 0 Å². The number of aromatic nitrogens is 1. The van der Waals surface area contributed by atoms with E-state index in [-0.39, 0.29) is 11.6 Å². The second kappa shape index (κ2) is 5.65. The minimum absolute atomic E-state index is 0.274. The molecule has 1 atom stereocenters. The third-order valence-corrected chi connectivity index (χ3v) is 2.75. The van der Waals surface area contributed by atoms with Gasteiger partial charge in [0.05, 0.1) is 25.0 Å². The predicted molar refractivity (Wildman–Crippen MR) is 69.2 cm³/mol. The predicted octanol–water partition coefficient (Wildman–Crippen LogP) is 3.54. The third kappa shape index (κ3) is 3.19. The molecule has 1 N–H and O–H groups in total. The van der Waals surface area contributed by atoms with Gasteiger partial charge >= 0.3 is 0 Å². The van der Waals surface area contributed by atoms with E-state index in [1.165, 1.54) is 13.2 Å². The summed E-state index contributed by atoms with van der Waals surface area (Å²) in [5.41, 5.74) is 0.979. The standard InChI is InChI=1S/C14H14F2N2O/c1-9(12-7-10(15)3-5-13(12)16)18-11-4-6-14(19-2)17-8-11/h3-9,18H,1-2H3. The molecule has 1 aromatic heterocycles. The van der Waals surface area contributed by atoms with Crippen molar-refractivity contribution in [2.24, 2.45) is 0 Å². The lowest BCUT2D eigenvalue weighted by Gasteiger charge is -2.16. The average molecular weight is 264 g/mol. The van der Waals surface area contributed by atoms with Crippen LogP contribution in [0, 0.1) is 11.6 Å². The van der Waals surface area contributed by atoms with Gasteiger partial charge in [-0.2, -0.15) is 0 Å². The van der Waals surface area contributed by atoms with Crippen molar-refractivity contribution >= 4 is 5.69 Å². The maximum atomic E-state index is 13.6. The molecular weight excluding hydrogens is 250 g/mol. The van der Waals surface area contributed by atoms with Crippen LogP contribution in [0.25, 0.3) is 0 Å². The molecule has 1 unspecified atom stereocenters. The number of nitrogens with one attached hydrogen (secondary N) is 1. The largest absolute Gasteiger partial charge is 0.481 e. The summed E-state index contributed by atoms with van der Waals surface area (Å²) < 4.78 is 31.7. The number of hydrogen-bond donors (Lipinski definition) is 1. The van der Waals surface area contributed by atoms with Crippen LogP contribution >= 0.6 is 0 Å². The molecule has 0 spiro atoms. The Kier molecular flexibility index (Phi) is 3.94. The van der Waals surface area contributed by atoms with Crippen molar-refractivity contribution in [3.8, 4) is 5.88 Å². The molecule has 2 rings (SSSR count). The van der Waals surface area contributed by atoms with Crippen LogP contribution in [0.3, 0.4) is 0 Å². The first-order valence-corrected chi connectivity index (χ1v) is 5.81. The normalized spacial score (nSPS) is 12.0. The Bertz CT molecular complexity index is 558. The topological polar surface area (TPSA) is 34.1 Å². The van der Waals surface area contributed by atoms with Gasteiger partial charge in [-0.3, -0.25) is 0 Å². The molecule has 19 heavy (non-hydrogen) atoms. The quantitative estimate of drug-likeness (QED) is 0.917. The van der Waals surface area contributed by atoms with E-state index in [4.69, 9.17) is 4.74 Å². The van der Waals surface area contributed by atoms with E-state index < -0.39 is 11.6 Å². The number of rotatable bonds is 4. The van der Waals surface area contributed by atoms with Gasteiger partial charge < -0.3 is 10.1 Å². The van der Waals surface area contributed by atoms with Crippen molar-refractivity contribution in [2.45, 2.75) is 13.0 Å². The summed E-state index contributed by atoms with van der Waals surface area (Å²) in [6, 6.07) is 6.49. The van der Waals surface area contributed by atoms with Crippen LogP contribution in [0.1, 0.15) is 18.5 Å². The first-order valence-electron chi connectivity index (χ1n) is 5.81. The van der Waals surface area contributed by atoms with Crippen molar-refractivity contribution in [3.05, 3.63) is 53.7 Å². The fourth-order valence-corrected chi connectivity index (χ4v) is 1.76. The van der Waals surface area contributed by atoms with Gasteiger partial charge in [0, 0.05) is 11.6 Å². The molecule has 0 aliphatic heterocycles. The highest BCUT2D eigenvalue weighted by Crippen LogP contribution is 2.22. The van der Waals surface area contributed by atoms with E-state index in [1.807, 2.05) is 0 Å². The summed E-state index contributed by atoms with van der Waals surface area (Å²) in [5.74, 6) is -0.407. The van der Waals surface area contributed by atoms with Gasteiger partial charge in [0.2, 0.25) is 5.88 Å². The second-order valence-electron chi connectivity index (χ2n) is 4.12. The monoisotopic (exact) mass is 264 g/mol. The second-order valence-corrected chi connectivity index (χ2v) is 4.12. The SMILES string of the molecule is COc1ccc(NC(C)c2cc(F)ccc2F)cn1. The van der Waals surface area contributed by atoms with E-state index in [1.54, 1.807) is 25.3 Å². The highest BCUT2D eigenvalue weighted by atomic mass is 19.1. The molecule has 0 fully saturated rings. The Labute approximate surface area is 110 Å². The van der Waals surface area contributed by atoms with Gasteiger partial charge in [0.25, 0.3) is 0 Å². The van der Waals surface area contributed by atoms with Crippen LogP contribution in [-0.2, 0) is 0 Å². The Morgan fingerprint density at radius 1 is 1.21 bits per heavy atom. The number of methoxy groups -OCH3 is 1. The minimum Gasteiger partial charge on any atom is -0.481 e. The lowest BCUT2D eigenvalue weighted by molar-refractivity contribution is 0.398. The number of anilines is 1. The van der Waals surface area contributed by atoms with Crippen LogP contribution in [-0.4, -0.2) is 12.1 Å². The van der Waals surface area contributed by atoms with E-state index in [0.717, 1.165) is 12.1 Å². The molecular formula is C14H14F2N2O. The molecule has 5 heteroatoms. The number of ether oxygens (including phenoxy) is 1. The summed E-state index contributed by atoms with van der Waals surface area (Å²) in [5, 5.41) is 3.05. The molecule has 0 aliphatic carbocycles. The van der Waals surface area contributed by atoms with E-state index in [0.29, 0.717) is 11.6 Å². The van der Waals surface area contributed by atoms with Gasteiger partial charge in [-0.05, 0) is 31.2 Å². The molecule has 100 valence electrons. The Balaban J connectivity index is 2.15. The van der Waals surface area contributed by atoms with E-state index >= 15 is 0 Å². The van der Waals surface area contributed by atoms with Crippen molar-refractivity contribution < 1.29 is 13.5 Å². The molecule has 1 aromatic carbocycles. The highest BCUT2D eigenvalue weighted by molar-refractivity contribution is 5.44. The van der Waals surface area contributed by atoms with Crippen LogP contribution in [0.5, 0.6) is 5.88 Å². The van der Waals surface area contributed by atoms with Crippen molar-refractivity contribution in [1.82, 2.24) is 4.98 Å². The smallest absolute Gasteiger partial charge is 0.213 e. The molecule has 0 saturated carbocycles. The molecule has 2 aromatic rings. The number of halogens is 2. The molecule has 0 saturated heterocycles. The lowest BCUT2D eigenvalue weighted by Crippen LogP contribution is -2.09. The van der Waals surface area contributed by atoms with Gasteiger partial charge in [0.1, 0.15) is 11.6 Å².